The predicted molar refractivity (Wildman–Crippen MR) is 101 cm³/mol. The van der Waals surface area contributed by atoms with E-state index in [2.05, 4.69) is 15.9 Å². The third-order valence-corrected chi connectivity index (χ3v) is 4.78. The molecule has 0 spiro atoms. The molecule has 0 radical (unpaired) electrons. The summed E-state index contributed by atoms with van der Waals surface area (Å²) in [4.78, 5) is 11.0. The average molecular weight is 415 g/mol. The summed E-state index contributed by atoms with van der Waals surface area (Å²) in [5, 5.41) is 10.9. The molecule has 0 amide bonds. The van der Waals surface area contributed by atoms with E-state index in [-0.39, 0.29) is 13.0 Å². The van der Waals surface area contributed by atoms with E-state index in [0.29, 0.717) is 11.3 Å². The Morgan fingerprint density at radius 2 is 1.96 bits per heavy atom. The van der Waals surface area contributed by atoms with E-state index >= 15 is 0 Å². The summed E-state index contributed by atoms with van der Waals surface area (Å²) in [6.07, 6.45) is 1.58. The number of para-hydroxylation sites is 1. The summed E-state index contributed by atoms with van der Waals surface area (Å²) in [7, 11) is 0. The predicted octanol–water partition coefficient (Wildman–Crippen LogP) is 5.46. The van der Waals surface area contributed by atoms with Gasteiger partial charge in [0.05, 0.1) is 22.5 Å². The molecule has 1 N–H and O–H groups in total. The van der Waals surface area contributed by atoms with Crippen molar-refractivity contribution >= 4 is 43.8 Å². The Morgan fingerprint density at radius 1 is 1.15 bits per heavy atom. The molecule has 0 bridgehead atoms. The van der Waals surface area contributed by atoms with Crippen LogP contribution < -0.4 is 4.74 Å². The number of benzene rings is 2. The van der Waals surface area contributed by atoms with Crippen molar-refractivity contribution in [2.75, 3.05) is 0 Å². The standard InChI is InChI=1S/C20H15BrO5/c1-11-6-15-19-14(8-16(21)20(15)26-11)13(10-25-19)9-24-17-5-3-2-4-12(17)7-18(22)23/h2-6,8,10H,7,9H2,1H3,(H,22,23). The van der Waals surface area contributed by atoms with Gasteiger partial charge < -0.3 is 18.7 Å². The van der Waals surface area contributed by atoms with Gasteiger partial charge >= 0.3 is 5.97 Å². The molecule has 5 nitrogen and oxygen atoms in total. The molecule has 0 unspecified atom stereocenters. The molecule has 26 heavy (non-hydrogen) atoms. The van der Waals surface area contributed by atoms with Crippen molar-refractivity contribution in [1.82, 2.24) is 0 Å². The molecule has 4 aromatic rings. The average Bonchev–Trinajstić information content (AvgIpc) is 3.17. The van der Waals surface area contributed by atoms with E-state index in [1.54, 1.807) is 24.5 Å². The van der Waals surface area contributed by atoms with Gasteiger partial charge in [0.2, 0.25) is 0 Å². The highest BCUT2D eigenvalue weighted by Crippen LogP contribution is 2.37. The van der Waals surface area contributed by atoms with Crippen molar-refractivity contribution in [1.29, 1.82) is 0 Å². The number of fused-ring (bicyclic) bond motifs is 3. The lowest BCUT2D eigenvalue weighted by Gasteiger charge is -2.09. The molecular formula is C20H15BrO5. The van der Waals surface area contributed by atoms with Crippen molar-refractivity contribution < 1.29 is 23.5 Å². The van der Waals surface area contributed by atoms with Gasteiger partial charge in [-0.15, -0.1) is 0 Å². The lowest BCUT2D eigenvalue weighted by atomic mass is 10.1. The Kier molecular flexibility index (Phi) is 4.20. The van der Waals surface area contributed by atoms with Gasteiger partial charge in [-0.05, 0) is 41.1 Å². The molecule has 4 rings (SSSR count). The minimum atomic E-state index is -0.892. The minimum absolute atomic E-state index is 0.0806. The van der Waals surface area contributed by atoms with E-state index in [1.807, 2.05) is 25.1 Å². The van der Waals surface area contributed by atoms with Crippen molar-refractivity contribution in [2.24, 2.45) is 0 Å². The smallest absolute Gasteiger partial charge is 0.307 e. The third kappa shape index (κ3) is 2.97. The molecule has 0 atom stereocenters. The third-order valence-electron chi connectivity index (χ3n) is 4.19. The summed E-state index contributed by atoms with van der Waals surface area (Å²) in [5.74, 6) is 0.477. The highest BCUT2D eigenvalue weighted by molar-refractivity contribution is 9.10. The number of furan rings is 2. The highest BCUT2D eigenvalue weighted by Gasteiger charge is 2.16. The summed E-state index contributed by atoms with van der Waals surface area (Å²) in [6, 6.07) is 11.0. The van der Waals surface area contributed by atoms with Crippen molar-refractivity contribution in [3.05, 3.63) is 64.0 Å². The number of hydrogen-bond acceptors (Lipinski definition) is 4. The quantitative estimate of drug-likeness (QED) is 0.469. The molecular weight excluding hydrogens is 400 g/mol. The molecule has 0 saturated heterocycles. The SMILES string of the molecule is Cc1cc2c(o1)c(Br)cc1c(COc3ccccc3CC(=O)O)coc12. The van der Waals surface area contributed by atoms with Crippen LogP contribution in [0.4, 0.5) is 0 Å². The Morgan fingerprint density at radius 3 is 2.77 bits per heavy atom. The molecule has 6 heteroatoms. The van der Waals surface area contributed by atoms with Crippen LogP contribution in [0.5, 0.6) is 5.75 Å². The molecule has 0 aliphatic carbocycles. The Balaban J connectivity index is 1.68. The second-order valence-electron chi connectivity index (χ2n) is 6.06. The van der Waals surface area contributed by atoms with Crippen LogP contribution in [0.25, 0.3) is 21.9 Å². The van der Waals surface area contributed by atoms with Gasteiger partial charge in [0.1, 0.15) is 23.7 Å². The molecule has 0 aliphatic rings. The van der Waals surface area contributed by atoms with Crippen molar-refractivity contribution in [3.63, 3.8) is 0 Å². The van der Waals surface area contributed by atoms with Crippen LogP contribution in [-0.2, 0) is 17.8 Å². The fraction of sp³-hybridized carbons (Fsp3) is 0.150. The van der Waals surface area contributed by atoms with Gasteiger partial charge in [-0.3, -0.25) is 4.79 Å². The van der Waals surface area contributed by atoms with Crippen LogP contribution in [0, 0.1) is 6.92 Å². The van der Waals surface area contributed by atoms with Crippen LogP contribution in [-0.4, -0.2) is 11.1 Å². The maximum atomic E-state index is 11.0. The molecule has 0 fully saturated rings. The number of carboxylic acids is 1. The first-order valence-electron chi connectivity index (χ1n) is 8.04. The number of carboxylic acid groups (broad SMARTS) is 1. The summed E-state index contributed by atoms with van der Waals surface area (Å²) in [5.41, 5.74) is 3.02. The van der Waals surface area contributed by atoms with Gasteiger partial charge in [-0.25, -0.2) is 0 Å². The largest absolute Gasteiger partial charge is 0.488 e. The molecule has 132 valence electrons. The monoisotopic (exact) mass is 414 g/mol. The molecule has 2 aromatic heterocycles. The van der Waals surface area contributed by atoms with Gasteiger partial charge in [0.15, 0.2) is 5.58 Å². The van der Waals surface area contributed by atoms with Crippen LogP contribution in [0.15, 0.2) is 56.0 Å². The maximum Gasteiger partial charge on any atom is 0.307 e. The summed E-state index contributed by atoms with van der Waals surface area (Å²) in [6.45, 7) is 2.17. The first kappa shape index (κ1) is 16.7. The van der Waals surface area contributed by atoms with E-state index in [1.165, 1.54) is 0 Å². The molecule has 0 saturated carbocycles. The number of rotatable bonds is 5. The van der Waals surface area contributed by atoms with E-state index in [4.69, 9.17) is 18.7 Å². The van der Waals surface area contributed by atoms with Crippen molar-refractivity contribution in [3.8, 4) is 5.75 Å². The maximum absolute atomic E-state index is 11.0. The van der Waals surface area contributed by atoms with E-state index < -0.39 is 5.97 Å². The number of aryl methyl sites for hydroxylation is 1. The second kappa shape index (κ2) is 6.53. The van der Waals surface area contributed by atoms with E-state index in [9.17, 15) is 4.79 Å². The number of hydrogen-bond donors (Lipinski definition) is 1. The number of carbonyl (C=O) groups is 1. The van der Waals surface area contributed by atoms with Gasteiger partial charge in [-0.1, -0.05) is 18.2 Å². The Hall–Kier alpha value is -2.73. The lowest BCUT2D eigenvalue weighted by molar-refractivity contribution is -0.136. The van der Waals surface area contributed by atoms with Gasteiger partial charge in [0.25, 0.3) is 0 Å². The fourth-order valence-corrected chi connectivity index (χ4v) is 3.57. The van der Waals surface area contributed by atoms with Crippen LogP contribution in [0.2, 0.25) is 0 Å². The Labute approximate surface area is 157 Å². The normalized spacial score (nSPS) is 11.3. The van der Waals surface area contributed by atoms with E-state index in [0.717, 1.165) is 37.7 Å². The minimum Gasteiger partial charge on any atom is -0.488 e. The number of ether oxygens (including phenoxy) is 1. The highest BCUT2D eigenvalue weighted by atomic mass is 79.9. The first-order chi connectivity index (χ1) is 12.5. The molecule has 2 aromatic carbocycles. The van der Waals surface area contributed by atoms with Crippen LogP contribution in [0.1, 0.15) is 16.9 Å². The first-order valence-corrected chi connectivity index (χ1v) is 8.83. The van der Waals surface area contributed by atoms with Gasteiger partial charge in [0, 0.05) is 16.5 Å². The Bertz CT molecular complexity index is 1120. The zero-order valence-electron chi connectivity index (χ0n) is 13.9. The topological polar surface area (TPSA) is 72.8 Å². The molecule has 2 heterocycles. The summed E-state index contributed by atoms with van der Waals surface area (Å²) >= 11 is 3.54. The zero-order valence-corrected chi connectivity index (χ0v) is 15.5. The van der Waals surface area contributed by atoms with Crippen LogP contribution >= 0.6 is 15.9 Å². The molecule has 0 aliphatic heterocycles. The summed E-state index contributed by atoms with van der Waals surface area (Å²) < 4.78 is 18.2. The zero-order chi connectivity index (χ0) is 18.3. The number of aliphatic carboxylic acids is 1. The van der Waals surface area contributed by atoms with Gasteiger partial charge in [-0.2, -0.15) is 0 Å². The van der Waals surface area contributed by atoms with Crippen LogP contribution in [0.3, 0.4) is 0 Å². The fourth-order valence-electron chi connectivity index (χ4n) is 3.04. The second-order valence-corrected chi connectivity index (χ2v) is 6.92. The number of halogens is 1. The lowest BCUT2D eigenvalue weighted by Crippen LogP contribution is -2.03. The van der Waals surface area contributed by atoms with Crippen molar-refractivity contribution in [2.45, 2.75) is 20.0 Å².